The number of carbonyl (C=O) groups is 3. The van der Waals surface area contributed by atoms with E-state index in [2.05, 4.69) is 0 Å². The number of methoxy groups -OCH3 is 1. The zero-order chi connectivity index (χ0) is 19.6. The second-order valence-corrected chi connectivity index (χ2v) is 5.91. The van der Waals surface area contributed by atoms with E-state index in [0.717, 1.165) is 0 Å². The van der Waals surface area contributed by atoms with Crippen LogP contribution in [-0.2, 0) is 20.9 Å². The lowest BCUT2D eigenvalue weighted by Gasteiger charge is -2.16. The highest BCUT2D eigenvalue weighted by Crippen LogP contribution is 2.32. The second kappa shape index (κ2) is 7.33. The average molecular weight is 367 g/mol. The molecule has 0 atom stereocenters. The molecular weight excluding hydrogens is 350 g/mol. The van der Waals surface area contributed by atoms with E-state index in [1.54, 1.807) is 37.3 Å². The number of carbonyl (C=O) groups excluding carboxylic acids is 2. The molecule has 7 nitrogen and oxygen atoms in total. The Morgan fingerprint density at radius 3 is 2.48 bits per heavy atom. The third kappa shape index (κ3) is 3.52. The van der Waals surface area contributed by atoms with E-state index in [1.165, 1.54) is 30.4 Å². The van der Waals surface area contributed by atoms with Gasteiger partial charge in [0, 0.05) is 5.70 Å². The number of aromatic carboxylic acids is 1. The van der Waals surface area contributed by atoms with Gasteiger partial charge in [0.15, 0.2) is 0 Å². The maximum absolute atomic E-state index is 12.9. The van der Waals surface area contributed by atoms with E-state index >= 15 is 0 Å². The molecule has 2 aromatic rings. The van der Waals surface area contributed by atoms with Crippen LogP contribution in [0.1, 0.15) is 28.6 Å². The van der Waals surface area contributed by atoms with Crippen molar-refractivity contribution < 1.29 is 28.6 Å². The lowest BCUT2D eigenvalue weighted by atomic mass is 10.0. The van der Waals surface area contributed by atoms with E-state index in [-0.39, 0.29) is 29.2 Å². The van der Waals surface area contributed by atoms with Gasteiger partial charge < -0.3 is 19.2 Å². The number of nitrogens with zero attached hydrogens (tertiary/aromatic N) is 1. The first-order valence-corrected chi connectivity index (χ1v) is 8.11. The fraction of sp³-hybridized carbons (Fsp3) is 0.150. The highest BCUT2D eigenvalue weighted by atomic mass is 16.5. The monoisotopic (exact) mass is 367 g/mol. The molecule has 7 heteroatoms. The van der Waals surface area contributed by atoms with Crippen molar-refractivity contribution >= 4 is 23.9 Å². The van der Waals surface area contributed by atoms with Gasteiger partial charge in [-0.3, -0.25) is 4.79 Å². The smallest absolute Gasteiger partial charge is 0.340 e. The summed E-state index contributed by atoms with van der Waals surface area (Å²) in [6.45, 7) is 1.86. The molecule has 1 aromatic carbocycles. The van der Waals surface area contributed by atoms with Gasteiger partial charge in [-0.05, 0) is 42.8 Å². The van der Waals surface area contributed by atoms with Crippen molar-refractivity contribution in [1.29, 1.82) is 0 Å². The minimum Gasteiger partial charge on any atom is -0.478 e. The third-order valence-corrected chi connectivity index (χ3v) is 4.26. The fourth-order valence-corrected chi connectivity index (χ4v) is 2.87. The Labute approximate surface area is 155 Å². The number of carboxylic acids is 1. The largest absolute Gasteiger partial charge is 0.478 e. The van der Waals surface area contributed by atoms with Gasteiger partial charge in [-0.2, -0.15) is 0 Å². The predicted molar refractivity (Wildman–Crippen MR) is 95.4 cm³/mol. The number of furan rings is 1. The Morgan fingerprint density at radius 1 is 1.22 bits per heavy atom. The van der Waals surface area contributed by atoms with Gasteiger partial charge in [0.2, 0.25) is 0 Å². The topological polar surface area (TPSA) is 97.0 Å². The summed E-state index contributed by atoms with van der Waals surface area (Å²) in [6.07, 6.45) is 3.06. The molecule has 0 spiro atoms. The molecule has 1 aromatic heterocycles. The predicted octanol–water partition coefficient (Wildman–Crippen LogP) is 2.85. The van der Waals surface area contributed by atoms with Gasteiger partial charge in [0.1, 0.15) is 5.76 Å². The lowest BCUT2D eigenvalue weighted by Crippen LogP contribution is -2.24. The van der Waals surface area contributed by atoms with Crippen LogP contribution >= 0.6 is 0 Å². The zero-order valence-electron chi connectivity index (χ0n) is 14.8. The van der Waals surface area contributed by atoms with Crippen LogP contribution < -0.4 is 0 Å². The Balaban J connectivity index is 2.00. The van der Waals surface area contributed by atoms with Gasteiger partial charge in [-0.1, -0.05) is 12.1 Å². The van der Waals surface area contributed by atoms with Crippen molar-refractivity contribution in [2.45, 2.75) is 13.5 Å². The molecule has 0 saturated heterocycles. The standard InChI is InChI=1S/C20H17NO6/c1-12-17(20(25)26-2)16(10-13-5-7-14(8-6-13)19(23)24)18(22)21(12)11-15-4-3-9-27-15/h3-10H,11H2,1-2H3,(H,23,24). The molecule has 1 aliphatic heterocycles. The fourth-order valence-electron chi connectivity index (χ4n) is 2.87. The Kier molecular flexibility index (Phi) is 4.94. The highest BCUT2D eigenvalue weighted by Gasteiger charge is 2.37. The Hall–Kier alpha value is -3.61. The first kappa shape index (κ1) is 18.2. The summed E-state index contributed by atoms with van der Waals surface area (Å²) >= 11 is 0. The molecule has 0 fully saturated rings. The molecule has 0 saturated carbocycles. The number of allylic oxidation sites excluding steroid dienone is 1. The van der Waals surface area contributed by atoms with Crippen LogP contribution in [0.25, 0.3) is 6.08 Å². The minimum absolute atomic E-state index is 0.134. The second-order valence-electron chi connectivity index (χ2n) is 5.91. The molecular formula is C20H17NO6. The number of benzene rings is 1. The number of ether oxygens (including phenoxy) is 1. The first-order valence-electron chi connectivity index (χ1n) is 8.11. The van der Waals surface area contributed by atoms with Gasteiger partial charge in [-0.25, -0.2) is 9.59 Å². The number of esters is 1. The van der Waals surface area contributed by atoms with Gasteiger partial charge in [0.25, 0.3) is 5.91 Å². The van der Waals surface area contributed by atoms with Crippen LogP contribution in [0.15, 0.2) is 63.9 Å². The average Bonchev–Trinajstić information content (AvgIpc) is 3.25. The molecule has 1 N–H and O–H groups in total. The summed E-state index contributed by atoms with van der Waals surface area (Å²) in [5.41, 5.74) is 1.56. The van der Waals surface area contributed by atoms with Gasteiger partial charge in [0.05, 0.1) is 36.6 Å². The van der Waals surface area contributed by atoms with E-state index in [0.29, 0.717) is 17.0 Å². The molecule has 1 aliphatic rings. The van der Waals surface area contributed by atoms with Crippen molar-refractivity contribution in [2.75, 3.05) is 7.11 Å². The van der Waals surface area contributed by atoms with E-state index in [1.807, 2.05) is 0 Å². The van der Waals surface area contributed by atoms with Crippen molar-refractivity contribution in [2.24, 2.45) is 0 Å². The Morgan fingerprint density at radius 2 is 1.93 bits per heavy atom. The molecule has 0 aliphatic carbocycles. The van der Waals surface area contributed by atoms with Crippen LogP contribution in [0.3, 0.4) is 0 Å². The van der Waals surface area contributed by atoms with Crippen molar-refractivity contribution in [1.82, 2.24) is 4.90 Å². The lowest BCUT2D eigenvalue weighted by molar-refractivity contribution is -0.136. The number of carboxylic acid groups (broad SMARTS) is 1. The van der Waals surface area contributed by atoms with Crippen LogP contribution in [0.5, 0.6) is 0 Å². The van der Waals surface area contributed by atoms with Crippen molar-refractivity contribution in [3.63, 3.8) is 0 Å². The summed E-state index contributed by atoms with van der Waals surface area (Å²) in [7, 11) is 1.25. The molecule has 0 radical (unpaired) electrons. The molecule has 2 heterocycles. The quantitative estimate of drug-likeness (QED) is 0.645. The van der Waals surface area contributed by atoms with Crippen LogP contribution in [0.4, 0.5) is 0 Å². The summed E-state index contributed by atoms with van der Waals surface area (Å²) in [5.74, 6) is -1.43. The van der Waals surface area contributed by atoms with Crippen LogP contribution in [-0.4, -0.2) is 35.0 Å². The molecule has 3 rings (SSSR count). The van der Waals surface area contributed by atoms with E-state index < -0.39 is 11.9 Å². The number of hydrogen-bond donors (Lipinski definition) is 1. The minimum atomic E-state index is -1.04. The molecule has 138 valence electrons. The molecule has 0 unspecified atom stereocenters. The third-order valence-electron chi connectivity index (χ3n) is 4.26. The SMILES string of the molecule is COC(=O)C1=C(C)N(Cc2ccco2)C(=O)C1=Cc1ccc(C(=O)O)cc1. The summed E-state index contributed by atoms with van der Waals surface area (Å²) in [6, 6.07) is 9.47. The number of amides is 1. The molecule has 27 heavy (non-hydrogen) atoms. The van der Waals surface area contributed by atoms with Gasteiger partial charge in [-0.15, -0.1) is 0 Å². The van der Waals surface area contributed by atoms with Crippen LogP contribution in [0.2, 0.25) is 0 Å². The number of rotatable bonds is 5. The van der Waals surface area contributed by atoms with E-state index in [9.17, 15) is 14.4 Å². The highest BCUT2D eigenvalue weighted by molar-refractivity contribution is 6.16. The zero-order valence-corrected chi connectivity index (χ0v) is 14.8. The maximum atomic E-state index is 12.9. The summed E-state index contributed by atoms with van der Waals surface area (Å²) in [5, 5.41) is 8.99. The number of hydrogen-bond acceptors (Lipinski definition) is 5. The summed E-state index contributed by atoms with van der Waals surface area (Å²) < 4.78 is 10.1. The normalized spacial score (nSPS) is 15.6. The first-order chi connectivity index (χ1) is 12.9. The maximum Gasteiger partial charge on any atom is 0.340 e. The van der Waals surface area contributed by atoms with Gasteiger partial charge >= 0.3 is 11.9 Å². The Bertz CT molecular complexity index is 951. The molecule has 0 bridgehead atoms. The van der Waals surface area contributed by atoms with Crippen molar-refractivity contribution in [3.05, 3.63) is 76.4 Å². The van der Waals surface area contributed by atoms with Crippen molar-refractivity contribution in [3.8, 4) is 0 Å². The van der Waals surface area contributed by atoms with E-state index in [4.69, 9.17) is 14.3 Å². The van der Waals surface area contributed by atoms with Crippen LogP contribution in [0, 0.1) is 0 Å². The molecule has 1 amide bonds. The summed E-state index contributed by atoms with van der Waals surface area (Å²) in [4.78, 5) is 37.6.